The zero-order valence-corrected chi connectivity index (χ0v) is 7.34. The largest absolute Gasteiger partial charge is 0.326 e. The molecule has 1 heterocycles. The molecule has 2 rings (SSSR count). The molecule has 2 nitrogen and oxygen atoms in total. The minimum absolute atomic E-state index is 0.456. The van der Waals surface area contributed by atoms with E-state index in [9.17, 15) is 0 Å². The highest BCUT2D eigenvalue weighted by Gasteiger charge is 2.39. The number of likely N-dealkylation sites (tertiary alicyclic amines) is 1. The van der Waals surface area contributed by atoms with Gasteiger partial charge in [0.2, 0.25) is 0 Å². The topological polar surface area (TPSA) is 29.3 Å². The molecule has 0 amide bonds. The fourth-order valence-electron chi connectivity index (χ4n) is 1.92. The summed E-state index contributed by atoms with van der Waals surface area (Å²) in [7, 11) is 0. The van der Waals surface area contributed by atoms with Crippen LogP contribution >= 0.6 is 0 Å². The van der Waals surface area contributed by atoms with E-state index in [1.165, 1.54) is 32.4 Å². The second-order valence-electron chi connectivity index (χ2n) is 4.59. The van der Waals surface area contributed by atoms with Gasteiger partial charge in [-0.2, -0.15) is 0 Å². The van der Waals surface area contributed by atoms with Crippen molar-refractivity contribution in [1.29, 1.82) is 0 Å². The van der Waals surface area contributed by atoms with Gasteiger partial charge in [0.1, 0.15) is 0 Å². The zero-order chi connectivity index (χ0) is 7.90. The van der Waals surface area contributed by atoms with E-state index in [2.05, 4.69) is 11.8 Å². The summed E-state index contributed by atoms with van der Waals surface area (Å²) in [5, 5.41) is 0. The molecule has 64 valence electrons. The second kappa shape index (κ2) is 2.46. The standard InChI is InChI=1S/C9H18N2/c1-9(3-4-9)7-11-5-2-8(10)6-11/h8H,2-7,10H2,1H3. The van der Waals surface area contributed by atoms with Crippen LogP contribution in [0.5, 0.6) is 0 Å². The fourth-order valence-corrected chi connectivity index (χ4v) is 1.92. The Labute approximate surface area is 68.7 Å². The summed E-state index contributed by atoms with van der Waals surface area (Å²) in [6, 6.07) is 0.456. The maximum atomic E-state index is 5.82. The molecule has 2 heteroatoms. The van der Waals surface area contributed by atoms with E-state index in [0.717, 1.165) is 6.54 Å². The van der Waals surface area contributed by atoms with Gasteiger partial charge in [0.15, 0.2) is 0 Å². The van der Waals surface area contributed by atoms with Crippen LogP contribution in [-0.4, -0.2) is 30.6 Å². The Balaban J connectivity index is 1.79. The Morgan fingerprint density at radius 2 is 2.27 bits per heavy atom. The van der Waals surface area contributed by atoms with Gasteiger partial charge in [-0.3, -0.25) is 0 Å². The van der Waals surface area contributed by atoms with E-state index in [1.807, 2.05) is 0 Å². The summed E-state index contributed by atoms with van der Waals surface area (Å²) in [6.07, 6.45) is 4.06. The van der Waals surface area contributed by atoms with E-state index < -0.39 is 0 Å². The normalized spacial score (nSPS) is 36.0. The lowest BCUT2D eigenvalue weighted by Crippen LogP contribution is -2.30. The molecule has 1 saturated heterocycles. The highest BCUT2D eigenvalue weighted by atomic mass is 15.2. The van der Waals surface area contributed by atoms with E-state index in [1.54, 1.807) is 0 Å². The third-order valence-electron chi connectivity index (χ3n) is 3.02. The van der Waals surface area contributed by atoms with Crippen LogP contribution in [0.2, 0.25) is 0 Å². The third-order valence-corrected chi connectivity index (χ3v) is 3.02. The minimum atomic E-state index is 0.456. The summed E-state index contributed by atoms with van der Waals surface area (Å²) in [5.74, 6) is 0. The van der Waals surface area contributed by atoms with Crippen LogP contribution in [-0.2, 0) is 0 Å². The molecule has 0 aromatic rings. The third kappa shape index (κ3) is 1.74. The van der Waals surface area contributed by atoms with Crippen molar-refractivity contribution in [2.24, 2.45) is 11.1 Å². The molecule has 0 aromatic carbocycles. The monoisotopic (exact) mass is 154 g/mol. The summed E-state index contributed by atoms with van der Waals surface area (Å²) in [5.41, 5.74) is 6.49. The van der Waals surface area contributed by atoms with Gasteiger partial charge in [-0.25, -0.2) is 0 Å². The number of hydrogen-bond donors (Lipinski definition) is 1. The van der Waals surface area contributed by atoms with Crippen LogP contribution in [0.4, 0.5) is 0 Å². The van der Waals surface area contributed by atoms with Gasteiger partial charge in [0.25, 0.3) is 0 Å². The Morgan fingerprint density at radius 3 is 2.73 bits per heavy atom. The molecule has 0 bridgehead atoms. The first kappa shape index (κ1) is 7.56. The molecule has 11 heavy (non-hydrogen) atoms. The summed E-state index contributed by atoms with van der Waals surface area (Å²) < 4.78 is 0. The van der Waals surface area contributed by atoms with Crippen molar-refractivity contribution < 1.29 is 0 Å². The van der Waals surface area contributed by atoms with Crippen molar-refractivity contribution >= 4 is 0 Å². The van der Waals surface area contributed by atoms with Crippen molar-refractivity contribution in [3.8, 4) is 0 Å². The first-order chi connectivity index (χ1) is 5.18. The van der Waals surface area contributed by atoms with Crippen molar-refractivity contribution in [3.63, 3.8) is 0 Å². The Morgan fingerprint density at radius 1 is 1.55 bits per heavy atom. The van der Waals surface area contributed by atoms with Gasteiger partial charge < -0.3 is 10.6 Å². The van der Waals surface area contributed by atoms with E-state index >= 15 is 0 Å². The quantitative estimate of drug-likeness (QED) is 0.638. The second-order valence-corrected chi connectivity index (χ2v) is 4.59. The molecular weight excluding hydrogens is 136 g/mol. The zero-order valence-electron chi connectivity index (χ0n) is 7.34. The summed E-state index contributed by atoms with van der Waals surface area (Å²) >= 11 is 0. The van der Waals surface area contributed by atoms with E-state index in [4.69, 9.17) is 5.73 Å². The Kier molecular flexibility index (Phi) is 1.69. The van der Waals surface area contributed by atoms with Crippen LogP contribution in [0.1, 0.15) is 26.2 Å². The maximum absolute atomic E-state index is 5.82. The average Bonchev–Trinajstić information content (AvgIpc) is 2.49. The summed E-state index contributed by atoms with van der Waals surface area (Å²) in [4.78, 5) is 2.53. The molecule has 1 aliphatic heterocycles. The molecule has 0 spiro atoms. The van der Waals surface area contributed by atoms with E-state index in [0.29, 0.717) is 11.5 Å². The molecular formula is C9H18N2. The van der Waals surface area contributed by atoms with Gasteiger partial charge >= 0.3 is 0 Å². The van der Waals surface area contributed by atoms with Crippen molar-refractivity contribution in [1.82, 2.24) is 4.90 Å². The van der Waals surface area contributed by atoms with Crippen LogP contribution in [0.25, 0.3) is 0 Å². The van der Waals surface area contributed by atoms with Gasteiger partial charge in [0.05, 0.1) is 0 Å². The van der Waals surface area contributed by atoms with Crippen molar-refractivity contribution in [2.45, 2.75) is 32.2 Å². The molecule has 0 aromatic heterocycles. The molecule has 0 radical (unpaired) electrons. The first-order valence-corrected chi connectivity index (χ1v) is 4.66. The van der Waals surface area contributed by atoms with Crippen LogP contribution < -0.4 is 5.73 Å². The Bertz CT molecular complexity index is 152. The average molecular weight is 154 g/mol. The van der Waals surface area contributed by atoms with Crippen LogP contribution in [0.15, 0.2) is 0 Å². The predicted octanol–water partition coefficient (Wildman–Crippen LogP) is 0.819. The number of nitrogens with two attached hydrogens (primary N) is 1. The van der Waals surface area contributed by atoms with Gasteiger partial charge in [0, 0.05) is 19.1 Å². The SMILES string of the molecule is CC1(CN2CCC(N)C2)CC1. The van der Waals surface area contributed by atoms with Gasteiger partial charge in [-0.05, 0) is 31.2 Å². The van der Waals surface area contributed by atoms with Gasteiger partial charge in [-0.1, -0.05) is 6.92 Å². The van der Waals surface area contributed by atoms with Crippen molar-refractivity contribution in [3.05, 3.63) is 0 Å². The molecule has 1 saturated carbocycles. The molecule has 2 aliphatic rings. The summed E-state index contributed by atoms with van der Waals surface area (Å²) in [6.45, 7) is 6.05. The maximum Gasteiger partial charge on any atom is 0.0180 e. The highest BCUT2D eigenvalue weighted by Crippen LogP contribution is 2.45. The van der Waals surface area contributed by atoms with Crippen molar-refractivity contribution in [2.75, 3.05) is 19.6 Å². The molecule has 2 fully saturated rings. The number of rotatable bonds is 2. The first-order valence-electron chi connectivity index (χ1n) is 4.66. The number of hydrogen-bond acceptors (Lipinski definition) is 2. The smallest absolute Gasteiger partial charge is 0.0180 e. The number of nitrogens with zero attached hydrogens (tertiary/aromatic N) is 1. The fraction of sp³-hybridized carbons (Fsp3) is 1.00. The molecule has 1 atom stereocenters. The molecule has 1 unspecified atom stereocenters. The minimum Gasteiger partial charge on any atom is -0.326 e. The van der Waals surface area contributed by atoms with Crippen LogP contribution in [0.3, 0.4) is 0 Å². The lowest BCUT2D eigenvalue weighted by atomic mass is 10.1. The molecule has 2 N–H and O–H groups in total. The lowest BCUT2D eigenvalue weighted by molar-refractivity contribution is 0.273. The van der Waals surface area contributed by atoms with E-state index in [-0.39, 0.29) is 0 Å². The highest BCUT2D eigenvalue weighted by molar-refractivity contribution is 4.93. The lowest BCUT2D eigenvalue weighted by Gasteiger charge is -2.19. The molecule has 1 aliphatic carbocycles. The predicted molar refractivity (Wildman–Crippen MR) is 46.4 cm³/mol. The van der Waals surface area contributed by atoms with Crippen LogP contribution in [0, 0.1) is 5.41 Å². The Hall–Kier alpha value is -0.0800. The van der Waals surface area contributed by atoms with Gasteiger partial charge in [-0.15, -0.1) is 0 Å².